The van der Waals surface area contributed by atoms with Gasteiger partial charge in [0.05, 0.1) is 38.4 Å². The molecular weight excluding hydrogens is 397 g/mol. The number of amides is 1. The summed E-state index contributed by atoms with van der Waals surface area (Å²) in [5.74, 6) is -0.0279. The van der Waals surface area contributed by atoms with Gasteiger partial charge in [0.1, 0.15) is 5.82 Å². The van der Waals surface area contributed by atoms with Crippen molar-refractivity contribution in [1.29, 1.82) is 0 Å². The summed E-state index contributed by atoms with van der Waals surface area (Å²) >= 11 is 0. The first-order chi connectivity index (χ1) is 15.2. The standard InChI is InChI=1S/C24H28FN3O3/c25-20-4-2-1-3-17(20)16-5-6-21-19(13-16)24-18(22(15-29)26-21)7-8-28(24)23(30)14-27-9-11-31-12-10-27/h1-6,13,18,22,24,26,29H,7-12,14-15H2/t18-,22-,24-/m0/s1. The number of anilines is 1. The highest BCUT2D eigenvalue weighted by Gasteiger charge is 2.45. The van der Waals surface area contributed by atoms with E-state index in [1.165, 1.54) is 6.07 Å². The lowest BCUT2D eigenvalue weighted by atomic mass is 9.82. The molecule has 0 unspecified atom stereocenters. The van der Waals surface area contributed by atoms with Crippen LogP contribution in [0.15, 0.2) is 42.5 Å². The molecule has 2 fully saturated rings. The number of ether oxygens (including phenoxy) is 1. The van der Waals surface area contributed by atoms with Crippen LogP contribution in [0.4, 0.5) is 10.1 Å². The number of fused-ring (bicyclic) bond motifs is 3. The van der Waals surface area contributed by atoms with Crippen molar-refractivity contribution < 1.29 is 19.0 Å². The van der Waals surface area contributed by atoms with Gasteiger partial charge in [-0.05, 0) is 35.7 Å². The Morgan fingerprint density at radius 1 is 1.16 bits per heavy atom. The molecule has 5 rings (SSSR count). The molecule has 0 spiro atoms. The maximum Gasteiger partial charge on any atom is 0.237 e. The van der Waals surface area contributed by atoms with Crippen molar-refractivity contribution >= 4 is 11.6 Å². The number of benzene rings is 2. The first-order valence-corrected chi connectivity index (χ1v) is 11.0. The number of rotatable bonds is 4. The van der Waals surface area contributed by atoms with Crippen molar-refractivity contribution in [2.45, 2.75) is 18.5 Å². The Kier molecular flexibility index (Phi) is 5.65. The number of aliphatic hydroxyl groups excluding tert-OH is 1. The minimum Gasteiger partial charge on any atom is -0.394 e. The second kappa shape index (κ2) is 8.57. The molecule has 3 aliphatic heterocycles. The van der Waals surface area contributed by atoms with Crippen LogP contribution in [0, 0.1) is 11.7 Å². The minimum absolute atomic E-state index is 0.0150. The Morgan fingerprint density at radius 2 is 1.97 bits per heavy atom. The van der Waals surface area contributed by atoms with E-state index in [2.05, 4.69) is 10.2 Å². The van der Waals surface area contributed by atoms with Crippen LogP contribution >= 0.6 is 0 Å². The predicted molar refractivity (Wildman–Crippen MR) is 116 cm³/mol. The summed E-state index contributed by atoms with van der Waals surface area (Å²) in [6.45, 7) is 3.91. The number of nitrogens with zero attached hydrogens (tertiary/aromatic N) is 2. The van der Waals surface area contributed by atoms with E-state index in [1.54, 1.807) is 12.1 Å². The summed E-state index contributed by atoms with van der Waals surface area (Å²) in [4.78, 5) is 17.4. The van der Waals surface area contributed by atoms with E-state index in [1.807, 2.05) is 29.2 Å². The van der Waals surface area contributed by atoms with E-state index in [9.17, 15) is 14.3 Å². The fourth-order valence-electron chi connectivity index (χ4n) is 5.25. The average molecular weight is 426 g/mol. The Balaban J connectivity index is 1.48. The van der Waals surface area contributed by atoms with E-state index in [4.69, 9.17) is 4.74 Å². The second-order valence-electron chi connectivity index (χ2n) is 8.59. The SMILES string of the molecule is O=C(CN1CCOCC1)N1CC[C@H]2[C@H](CO)Nc3ccc(-c4ccccc4F)cc3[C@H]21. The monoisotopic (exact) mass is 425 g/mol. The lowest BCUT2D eigenvalue weighted by Crippen LogP contribution is -2.47. The molecule has 0 aliphatic carbocycles. The van der Waals surface area contributed by atoms with Gasteiger partial charge in [0.2, 0.25) is 5.91 Å². The van der Waals surface area contributed by atoms with Crippen molar-refractivity contribution in [1.82, 2.24) is 9.80 Å². The summed E-state index contributed by atoms with van der Waals surface area (Å²) in [6.07, 6.45) is 0.834. The van der Waals surface area contributed by atoms with Gasteiger partial charge in [-0.2, -0.15) is 0 Å². The van der Waals surface area contributed by atoms with Gasteiger partial charge in [0, 0.05) is 36.8 Å². The smallest absolute Gasteiger partial charge is 0.237 e. The van der Waals surface area contributed by atoms with E-state index in [0.717, 1.165) is 36.3 Å². The number of morpholine rings is 1. The molecule has 1 amide bonds. The number of nitrogens with one attached hydrogen (secondary N) is 1. The van der Waals surface area contributed by atoms with Gasteiger partial charge < -0.3 is 20.1 Å². The van der Waals surface area contributed by atoms with Gasteiger partial charge in [-0.25, -0.2) is 4.39 Å². The van der Waals surface area contributed by atoms with Crippen molar-refractivity contribution in [3.8, 4) is 11.1 Å². The molecule has 2 saturated heterocycles. The quantitative estimate of drug-likeness (QED) is 0.788. The normalized spacial score (nSPS) is 25.6. The van der Waals surface area contributed by atoms with Gasteiger partial charge >= 0.3 is 0 Å². The molecule has 3 atom stereocenters. The molecule has 0 saturated carbocycles. The molecule has 0 radical (unpaired) electrons. The van der Waals surface area contributed by atoms with Crippen LogP contribution in [0.25, 0.3) is 11.1 Å². The zero-order valence-corrected chi connectivity index (χ0v) is 17.5. The molecule has 7 heteroatoms. The van der Waals surface area contributed by atoms with Crippen LogP contribution in [0.5, 0.6) is 0 Å². The number of carbonyl (C=O) groups excluding carboxylic acids is 1. The number of carbonyl (C=O) groups is 1. The Morgan fingerprint density at radius 3 is 2.74 bits per heavy atom. The number of halogens is 1. The van der Waals surface area contributed by atoms with Crippen LogP contribution in [0.3, 0.4) is 0 Å². The summed E-state index contributed by atoms with van der Waals surface area (Å²) in [5.41, 5.74) is 3.26. The molecule has 6 nitrogen and oxygen atoms in total. The van der Waals surface area contributed by atoms with Crippen LogP contribution in [0.1, 0.15) is 18.0 Å². The highest BCUT2D eigenvalue weighted by Crippen LogP contribution is 2.47. The summed E-state index contributed by atoms with van der Waals surface area (Å²) in [5, 5.41) is 13.4. The Bertz CT molecular complexity index is 963. The van der Waals surface area contributed by atoms with Crippen molar-refractivity contribution in [2.75, 3.05) is 51.3 Å². The maximum absolute atomic E-state index is 14.4. The first-order valence-electron chi connectivity index (χ1n) is 11.0. The first kappa shape index (κ1) is 20.4. The van der Waals surface area contributed by atoms with Gasteiger partial charge in [0.25, 0.3) is 0 Å². The minimum atomic E-state index is -0.261. The third kappa shape index (κ3) is 3.82. The van der Waals surface area contributed by atoms with Crippen LogP contribution in [-0.4, -0.2) is 72.9 Å². The van der Waals surface area contributed by atoms with Gasteiger partial charge in [-0.3, -0.25) is 9.69 Å². The second-order valence-corrected chi connectivity index (χ2v) is 8.59. The Hall–Kier alpha value is -2.48. The summed E-state index contributed by atoms with van der Waals surface area (Å²) in [6, 6.07) is 12.4. The number of aliphatic hydroxyl groups is 1. The summed E-state index contributed by atoms with van der Waals surface area (Å²) in [7, 11) is 0. The van der Waals surface area contributed by atoms with Crippen molar-refractivity contribution in [3.05, 3.63) is 53.8 Å². The molecule has 0 bridgehead atoms. The van der Waals surface area contributed by atoms with E-state index >= 15 is 0 Å². The van der Waals surface area contributed by atoms with Crippen molar-refractivity contribution in [2.24, 2.45) is 5.92 Å². The maximum atomic E-state index is 14.4. The van der Waals surface area contributed by atoms with E-state index in [0.29, 0.717) is 31.9 Å². The molecular formula is C24H28FN3O3. The summed E-state index contributed by atoms with van der Waals surface area (Å²) < 4.78 is 19.8. The molecule has 2 aromatic carbocycles. The molecule has 3 heterocycles. The predicted octanol–water partition coefficient (Wildman–Crippen LogP) is 2.50. The van der Waals surface area contributed by atoms with Gasteiger partial charge in [0.15, 0.2) is 0 Å². The molecule has 2 N–H and O–H groups in total. The van der Waals surface area contributed by atoms with Crippen LogP contribution in [-0.2, 0) is 9.53 Å². The number of likely N-dealkylation sites (tertiary alicyclic amines) is 1. The van der Waals surface area contributed by atoms with Gasteiger partial charge in [-0.1, -0.05) is 24.3 Å². The zero-order valence-electron chi connectivity index (χ0n) is 17.5. The van der Waals surface area contributed by atoms with Crippen molar-refractivity contribution in [3.63, 3.8) is 0 Å². The fourth-order valence-corrected chi connectivity index (χ4v) is 5.25. The number of hydrogen-bond donors (Lipinski definition) is 2. The molecule has 0 aromatic heterocycles. The van der Waals surface area contributed by atoms with Crippen LogP contribution < -0.4 is 5.32 Å². The molecule has 2 aromatic rings. The molecule has 3 aliphatic rings. The zero-order chi connectivity index (χ0) is 21.4. The largest absolute Gasteiger partial charge is 0.394 e. The highest BCUT2D eigenvalue weighted by atomic mass is 19.1. The third-order valence-corrected chi connectivity index (χ3v) is 6.84. The van der Waals surface area contributed by atoms with Gasteiger partial charge in [-0.15, -0.1) is 0 Å². The highest BCUT2D eigenvalue weighted by molar-refractivity contribution is 5.80. The Labute approximate surface area is 181 Å². The van der Waals surface area contributed by atoms with Crippen LogP contribution in [0.2, 0.25) is 0 Å². The number of hydrogen-bond acceptors (Lipinski definition) is 5. The van der Waals surface area contributed by atoms with E-state index < -0.39 is 0 Å². The van der Waals surface area contributed by atoms with E-state index in [-0.39, 0.29) is 36.3 Å². The average Bonchev–Trinajstić information content (AvgIpc) is 3.25. The molecule has 164 valence electrons. The lowest BCUT2D eigenvalue weighted by molar-refractivity contribution is -0.134. The topological polar surface area (TPSA) is 65.0 Å². The lowest BCUT2D eigenvalue weighted by Gasteiger charge is -2.40. The fraction of sp³-hybridized carbons (Fsp3) is 0.458. The third-order valence-electron chi connectivity index (χ3n) is 6.84. The molecule has 31 heavy (non-hydrogen) atoms.